The molecular formula is C22H23NO4S. The molecule has 6 heteroatoms. The van der Waals surface area contributed by atoms with Crippen molar-refractivity contribution in [1.82, 2.24) is 4.90 Å². The predicted molar refractivity (Wildman–Crippen MR) is 110 cm³/mol. The Bertz CT molecular complexity index is 1090. The number of amides is 1. The lowest BCUT2D eigenvalue weighted by molar-refractivity contribution is -0.133. The molecule has 3 aromatic rings. The van der Waals surface area contributed by atoms with E-state index in [2.05, 4.69) is 0 Å². The van der Waals surface area contributed by atoms with Gasteiger partial charge in [-0.3, -0.25) is 4.79 Å². The summed E-state index contributed by atoms with van der Waals surface area (Å²) in [5, 5.41) is 2.02. The Morgan fingerprint density at radius 2 is 1.64 bits per heavy atom. The van der Waals surface area contributed by atoms with Crippen molar-refractivity contribution in [3.63, 3.8) is 0 Å². The molecule has 5 nitrogen and oxygen atoms in total. The van der Waals surface area contributed by atoms with E-state index < -0.39 is 9.84 Å². The average molecular weight is 397 g/mol. The molecule has 0 fully saturated rings. The second-order valence-electron chi connectivity index (χ2n) is 6.79. The van der Waals surface area contributed by atoms with E-state index in [1.807, 2.05) is 49.4 Å². The van der Waals surface area contributed by atoms with Crippen molar-refractivity contribution in [2.24, 2.45) is 0 Å². The summed E-state index contributed by atoms with van der Waals surface area (Å²) in [6, 6.07) is 20.0. The molecule has 1 atom stereocenters. The minimum Gasteiger partial charge on any atom is -0.483 e. The Hall–Kier alpha value is -2.86. The first-order chi connectivity index (χ1) is 13.3. The number of fused-ring (bicyclic) bond motifs is 1. The normalized spacial score (nSPS) is 12.5. The maximum Gasteiger partial charge on any atom is 0.260 e. The van der Waals surface area contributed by atoms with Gasteiger partial charge in [0.25, 0.3) is 5.91 Å². The van der Waals surface area contributed by atoms with Gasteiger partial charge in [0, 0.05) is 18.7 Å². The zero-order valence-corrected chi connectivity index (χ0v) is 16.9. The van der Waals surface area contributed by atoms with Gasteiger partial charge in [0.15, 0.2) is 16.4 Å². The summed E-state index contributed by atoms with van der Waals surface area (Å²) >= 11 is 0. The van der Waals surface area contributed by atoms with Gasteiger partial charge in [-0.1, -0.05) is 48.5 Å². The standard InChI is InChI=1S/C22H23NO4S/c1-16(17-11-13-19(14-12-17)28(3,25)26)23(2)22(24)15-27-21-10-6-8-18-7-4-5-9-20(18)21/h4-14,16H,15H2,1-3H3/t16-/m1/s1. The van der Waals surface area contributed by atoms with Crippen LogP contribution in [-0.2, 0) is 14.6 Å². The van der Waals surface area contributed by atoms with Crippen LogP contribution in [-0.4, -0.2) is 39.1 Å². The first-order valence-electron chi connectivity index (χ1n) is 8.93. The van der Waals surface area contributed by atoms with Crippen molar-refractivity contribution in [3.8, 4) is 5.75 Å². The number of ether oxygens (including phenoxy) is 1. The third-order valence-corrected chi connectivity index (χ3v) is 5.99. The van der Waals surface area contributed by atoms with Crippen LogP contribution in [0.25, 0.3) is 10.8 Å². The van der Waals surface area contributed by atoms with Gasteiger partial charge in [0.1, 0.15) is 5.75 Å². The molecular weight excluding hydrogens is 374 g/mol. The van der Waals surface area contributed by atoms with Crippen LogP contribution in [0.5, 0.6) is 5.75 Å². The largest absolute Gasteiger partial charge is 0.483 e. The number of carbonyl (C=O) groups excluding carboxylic acids is 1. The van der Waals surface area contributed by atoms with E-state index in [9.17, 15) is 13.2 Å². The topological polar surface area (TPSA) is 63.7 Å². The number of hydrogen-bond acceptors (Lipinski definition) is 4. The molecule has 0 saturated carbocycles. The minimum atomic E-state index is -3.24. The molecule has 0 saturated heterocycles. The van der Waals surface area contributed by atoms with Gasteiger partial charge in [-0.15, -0.1) is 0 Å². The number of nitrogens with zero attached hydrogens (tertiary/aromatic N) is 1. The number of sulfone groups is 1. The van der Waals surface area contributed by atoms with E-state index >= 15 is 0 Å². The number of carbonyl (C=O) groups is 1. The van der Waals surface area contributed by atoms with Crippen molar-refractivity contribution < 1.29 is 17.9 Å². The van der Waals surface area contributed by atoms with Crippen molar-refractivity contribution in [1.29, 1.82) is 0 Å². The summed E-state index contributed by atoms with van der Waals surface area (Å²) in [5.41, 5.74) is 0.855. The van der Waals surface area contributed by atoms with Crippen LogP contribution in [0.2, 0.25) is 0 Å². The fourth-order valence-corrected chi connectivity index (χ4v) is 3.63. The van der Waals surface area contributed by atoms with Crippen molar-refractivity contribution >= 4 is 26.5 Å². The summed E-state index contributed by atoms with van der Waals surface area (Å²) in [4.78, 5) is 14.5. The smallest absolute Gasteiger partial charge is 0.260 e. The molecule has 0 N–H and O–H groups in total. The molecule has 0 aliphatic carbocycles. The first-order valence-corrected chi connectivity index (χ1v) is 10.8. The van der Waals surface area contributed by atoms with Crippen LogP contribution < -0.4 is 4.74 Å². The van der Waals surface area contributed by atoms with Gasteiger partial charge in [-0.2, -0.15) is 0 Å². The van der Waals surface area contributed by atoms with Crippen LogP contribution in [0.1, 0.15) is 18.5 Å². The maximum atomic E-state index is 12.6. The van der Waals surface area contributed by atoms with Gasteiger partial charge in [-0.05, 0) is 36.1 Å². The number of benzene rings is 3. The Labute approximate surface area is 165 Å². The lowest BCUT2D eigenvalue weighted by atomic mass is 10.1. The van der Waals surface area contributed by atoms with Crippen LogP contribution in [0, 0.1) is 0 Å². The minimum absolute atomic E-state index is 0.0731. The molecule has 3 aromatic carbocycles. The summed E-state index contributed by atoms with van der Waals surface area (Å²) < 4.78 is 29.0. The summed E-state index contributed by atoms with van der Waals surface area (Å²) in [6.45, 7) is 1.82. The highest BCUT2D eigenvalue weighted by molar-refractivity contribution is 7.90. The maximum absolute atomic E-state index is 12.6. The van der Waals surface area contributed by atoms with E-state index in [1.54, 1.807) is 36.2 Å². The van der Waals surface area contributed by atoms with Gasteiger partial charge in [0.2, 0.25) is 0 Å². The Kier molecular flexibility index (Phi) is 5.70. The molecule has 0 radical (unpaired) electrons. The lowest BCUT2D eigenvalue weighted by Crippen LogP contribution is -2.33. The molecule has 3 rings (SSSR count). The zero-order chi connectivity index (χ0) is 20.3. The molecule has 0 aliphatic rings. The van der Waals surface area contributed by atoms with Crippen LogP contribution in [0.3, 0.4) is 0 Å². The molecule has 146 valence electrons. The highest BCUT2D eigenvalue weighted by atomic mass is 32.2. The molecule has 0 heterocycles. The zero-order valence-electron chi connectivity index (χ0n) is 16.1. The van der Waals surface area contributed by atoms with Crippen molar-refractivity contribution in [3.05, 3.63) is 72.3 Å². The van der Waals surface area contributed by atoms with Crippen LogP contribution in [0.15, 0.2) is 71.6 Å². The molecule has 0 aromatic heterocycles. The predicted octanol–water partition coefficient (Wildman–Crippen LogP) is 3.84. The number of likely N-dealkylation sites (N-methyl/N-ethyl adjacent to an activating group) is 1. The highest BCUT2D eigenvalue weighted by Gasteiger charge is 2.19. The van der Waals surface area contributed by atoms with E-state index in [0.29, 0.717) is 5.75 Å². The van der Waals surface area contributed by atoms with Crippen LogP contribution >= 0.6 is 0 Å². The molecule has 0 bridgehead atoms. The van der Waals surface area contributed by atoms with Crippen molar-refractivity contribution in [2.45, 2.75) is 17.9 Å². The second-order valence-corrected chi connectivity index (χ2v) is 8.80. The summed E-state index contributed by atoms with van der Waals surface area (Å²) in [5.74, 6) is 0.512. The third-order valence-electron chi connectivity index (χ3n) is 4.87. The first kappa shape index (κ1) is 19.9. The van der Waals surface area contributed by atoms with E-state index in [0.717, 1.165) is 16.3 Å². The summed E-state index contributed by atoms with van der Waals surface area (Å²) in [7, 11) is -1.53. The highest BCUT2D eigenvalue weighted by Crippen LogP contribution is 2.26. The molecule has 28 heavy (non-hydrogen) atoms. The van der Waals surface area contributed by atoms with E-state index in [-0.39, 0.29) is 23.5 Å². The van der Waals surface area contributed by atoms with Gasteiger partial charge in [0.05, 0.1) is 10.9 Å². The van der Waals surface area contributed by atoms with Gasteiger partial charge in [-0.25, -0.2) is 8.42 Å². The number of hydrogen-bond donors (Lipinski definition) is 0. The third kappa shape index (κ3) is 4.34. The SMILES string of the molecule is C[C@H](c1ccc(S(C)(=O)=O)cc1)N(C)C(=O)COc1cccc2ccccc12. The number of rotatable bonds is 6. The fourth-order valence-electron chi connectivity index (χ4n) is 3.00. The fraction of sp³-hybridized carbons (Fsp3) is 0.227. The molecule has 1 amide bonds. The van der Waals surface area contributed by atoms with Gasteiger partial charge >= 0.3 is 0 Å². The lowest BCUT2D eigenvalue weighted by Gasteiger charge is -2.25. The van der Waals surface area contributed by atoms with Crippen LogP contribution in [0.4, 0.5) is 0 Å². The Morgan fingerprint density at radius 3 is 2.32 bits per heavy atom. The average Bonchev–Trinajstić information content (AvgIpc) is 2.70. The van der Waals surface area contributed by atoms with E-state index in [1.165, 1.54) is 6.26 Å². The summed E-state index contributed by atoms with van der Waals surface area (Å²) in [6.07, 6.45) is 1.17. The van der Waals surface area contributed by atoms with E-state index in [4.69, 9.17) is 4.74 Å². The van der Waals surface area contributed by atoms with Crippen molar-refractivity contribution in [2.75, 3.05) is 19.9 Å². The molecule has 0 aliphatic heterocycles. The van der Waals surface area contributed by atoms with Gasteiger partial charge < -0.3 is 9.64 Å². The molecule has 0 unspecified atom stereocenters. The quantitative estimate of drug-likeness (QED) is 0.634. The Balaban J connectivity index is 1.68. The Morgan fingerprint density at radius 1 is 1.00 bits per heavy atom. The monoisotopic (exact) mass is 397 g/mol. The second kappa shape index (κ2) is 8.02. The molecule has 0 spiro atoms.